The van der Waals surface area contributed by atoms with Crippen molar-refractivity contribution in [3.8, 4) is 11.8 Å². The monoisotopic (exact) mass is 242 g/mol. The number of benzene rings is 1. The number of nitrogens with zero attached hydrogens (tertiary/aromatic N) is 1. The zero-order valence-electron chi connectivity index (χ0n) is 10.1. The summed E-state index contributed by atoms with van der Waals surface area (Å²) in [5, 5.41) is 11.7. The normalized spacial score (nSPS) is 11.6. The number of hydrogen-bond acceptors (Lipinski definition) is 4. The summed E-state index contributed by atoms with van der Waals surface area (Å²) in [5.74, 6) is 1.58. The van der Waals surface area contributed by atoms with Crippen LogP contribution in [0.5, 0.6) is 5.75 Å². The smallest absolute Gasteiger partial charge is 0.174 e. The zero-order chi connectivity index (χ0) is 12.8. The molecular formula is C14H14N2O2. The van der Waals surface area contributed by atoms with Gasteiger partial charge in [0.2, 0.25) is 0 Å². The molecule has 0 saturated carbocycles. The van der Waals surface area contributed by atoms with E-state index in [0.29, 0.717) is 5.75 Å². The van der Waals surface area contributed by atoms with E-state index >= 15 is 0 Å². The fraction of sp³-hybridized carbons (Fsp3) is 0.214. The molecule has 1 heterocycles. The summed E-state index contributed by atoms with van der Waals surface area (Å²) in [6.45, 7) is 2.09. The van der Waals surface area contributed by atoms with Gasteiger partial charge in [0.05, 0.1) is 12.3 Å². The molecular weight excluding hydrogens is 228 g/mol. The van der Waals surface area contributed by atoms with Crippen molar-refractivity contribution < 1.29 is 9.15 Å². The van der Waals surface area contributed by atoms with Gasteiger partial charge in [0.1, 0.15) is 17.6 Å². The molecule has 0 spiro atoms. The predicted octanol–water partition coefficient (Wildman–Crippen LogP) is 3.36. The highest BCUT2D eigenvalue weighted by atomic mass is 16.5. The standard InChI is InChI=1S/C14H14N2O2/c1-11(14-3-2-9-18-14)16-12-4-6-13(7-5-12)17-10-8-15/h2-7,9,11,16H,10H2,1H3. The minimum Gasteiger partial charge on any atom is -0.479 e. The Kier molecular flexibility index (Phi) is 3.87. The van der Waals surface area contributed by atoms with Gasteiger partial charge in [0.15, 0.2) is 6.61 Å². The molecule has 2 aromatic rings. The van der Waals surface area contributed by atoms with E-state index in [2.05, 4.69) is 5.32 Å². The van der Waals surface area contributed by atoms with Crippen LogP contribution in [0.25, 0.3) is 0 Å². The number of anilines is 1. The largest absolute Gasteiger partial charge is 0.479 e. The van der Waals surface area contributed by atoms with Gasteiger partial charge in [-0.1, -0.05) is 0 Å². The fourth-order valence-electron chi connectivity index (χ4n) is 1.62. The molecule has 0 amide bonds. The van der Waals surface area contributed by atoms with Gasteiger partial charge in [-0.25, -0.2) is 0 Å². The van der Waals surface area contributed by atoms with Gasteiger partial charge < -0.3 is 14.5 Å². The first-order chi connectivity index (χ1) is 8.79. The maximum absolute atomic E-state index is 8.41. The lowest BCUT2D eigenvalue weighted by molar-refractivity contribution is 0.368. The molecule has 1 unspecified atom stereocenters. The molecule has 1 aromatic heterocycles. The highest BCUT2D eigenvalue weighted by Crippen LogP contribution is 2.21. The highest BCUT2D eigenvalue weighted by Gasteiger charge is 2.07. The van der Waals surface area contributed by atoms with E-state index in [-0.39, 0.29) is 12.6 Å². The Morgan fingerprint density at radius 3 is 2.72 bits per heavy atom. The SMILES string of the molecule is CC(Nc1ccc(OCC#N)cc1)c1ccco1. The lowest BCUT2D eigenvalue weighted by atomic mass is 10.2. The Morgan fingerprint density at radius 2 is 2.11 bits per heavy atom. The minimum absolute atomic E-state index is 0.0651. The summed E-state index contributed by atoms with van der Waals surface area (Å²) in [7, 11) is 0. The molecule has 4 nitrogen and oxygen atoms in total. The molecule has 0 saturated heterocycles. The lowest BCUT2D eigenvalue weighted by Gasteiger charge is -2.13. The third-order valence-corrected chi connectivity index (χ3v) is 2.51. The number of nitrogens with one attached hydrogen (secondary N) is 1. The van der Waals surface area contributed by atoms with E-state index in [4.69, 9.17) is 14.4 Å². The van der Waals surface area contributed by atoms with E-state index in [0.717, 1.165) is 11.4 Å². The molecule has 4 heteroatoms. The second-order valence-electron chi connectivity index (χ2n) is 3.85. The molecule has 18 heavy (non-hydrogen) atoms. The average Bonchev–Trinajstić information content (AvgIpc) is 2.92. The number of hydrogen-bond donors (Lipinski definition) is 1. The maximum Gasteiger partial charge on any atom is 0.174 e. The first kappa shape index (κ1) is 12.1. The van der Waals surface area contributed by atoms with Crippen LogP contribution in [0.2, 0.25) is 0 Å². The molecule has 0 aliphatic heterocycles. The fourth-order valence-corrected chi connectivity index (χ4v) is 1.62. The van der Waals surface area contributed by atoms with Crippen molar-refractivity contribution in [1.29, 1.82) is 5.26 Å². The first-order valence-electron chi connectivity index (χ1n) is 5.69. The van der Waals surface area contributed by atoms with Crippen LogP contribution in [0.15, 0.2) is 47.1 Å². The van der Waals surface area contributed by atoms with Gasteiger partial charge in [-0.3, -0.25) is 0 Å². The Hall–Kier alpha value is -2.41. The molecule has 1 aromatic carbocycles. The number of nitriles is 1. The zero-order valence-corrected chi connectivity index (χ0v) is 10.1. The van der Waals surface area contributed by atoms with Crippen LogP contribution in [0.1, 0.15) is 18.7 Å². The van der Waals surface area contributed by atoms with Crippen molar-refractivity contribution in [2.75, 3.05) is 11.9 Å². The van der Waals surface area contributed by atoms with E-state index in [1.165, 1.54) is 0 Å². The van der Waals surface area contributed by atoms with Crippen molar-refractivity contribution in [2.45, 2.75) is 13.0 Å². The molecule has 0 radical (unpaired) electrons. The average molecular weight is 242 g/mol. The van der Waals surface area contributed by atoms with Gasteiger partial charge in [-0.15, -0.1) is 0 Å². The molecule has 0 aliphatic carbocycles. The van der Waals surface area contributed by atoms with Crippen molar-refractivity contribution in [1.82, 2.24) is 0 Å². The van der Waals surface area contributed by atoms with E-state index in [1.54, 1.807) is 6.26 Å². The Labute approximate surface area is 106 Å². The van der Waals surface area contributed by atoms with E-state index in [1.807, 2.05) is 49.4 Å². The molecule has 92 valence electrons. The van der Waals surface area contributed by atoms with Crippen LogP contribution < -0.4 is 10.1 Å². The summed E-state index contributed by atoms with van der Waals surface area (Å²) >= 11 is 0. The Bertz CT molecular complexity index is 512. The van der Waals surface area contributed by atoms with E-state index in [9.17, 15) is 0 Å². The van der Waals surface area contributed by atoms with Crippen molar-refractivity contribution >= 4 is 5.69 Å². The van der Waals surface area contributed by atoms with Crippen LogP contribution in [0, 0.1) is 11.3 Å². The number of ether oxygens (including phenoxy) is 1. The highest BCUT2D eigenvalue weighted by molar-refractivity contribution is 5.47. The topological polar surface area (TPSA) is 58.2 Å². The number of rotatable bonds is 5. The molecule has 2 rings (SSSR count). The first-order valence-corrected chi connectivity index (χ1v) is 5.69. The van der Waals surface area contributed by atoms with Gasteiger partial charge in [0, 0.05) is 5.69 Å². The number of furan rings is 1. The second kappa shape index (κ2) is 5.78. The van der Waals surface area contributed by atoms with E-state index < -0.39 is 0 Å². The molecule has 0 bridgehead atoms. The van der Waals surface area contributed by atoms with Crippen LogP contribution in [-0.4, -0.2) is 6.61 Å². The Morgan fingerprint density at radius 1 is 1.33 bits per heavy atom. The maximum atomic E-state index is 8.41. The lowest BCUT2D eigenvalue weighted by Crippen LogP contribution is -2.05. The summed E-state index contributed by atoms with van der Waals surface area (Å²) in [6.07, 6.45) is 1.66. The third-order valence-electron chi connectivity index (χ3n) is 2.51. The third kappa shape index (κ3) is 3.05. The van der Waals surface area contributed by atoms with Gasteiger partial charge in [0.25, 0.3) is 0 Å². The molecule has 1 N–H and O–H groups in total. The van der Waals surface area contributed by atoms with Gasteiger partial charge in [-0.2, -0.15) is 5.26 Å². The van der Waals surface area contributed by atoms with Gasteiger partial charge >= 0.3 is 0 Å². The summed E-state index contributed by atoms with van der Waals surface area (Å²) < 4.78 is 10.5. The van der Waals surface area contributed by atoms with Crippen LogP contribution in [0.3, 0.4) is 0 Å². The van der Waals surface area contributed by atoms with Gasteiger partial charge in [-0.05, 0) is 43.3 Å². The predicted molar refractivity (Wildman–Crippen MR) is 68.3 cm³/mol. The van der Waals surface area contributed by atoms with Crippen molar-refractivity contribution in [2.24, 2.45) is 0 Å². The quantitative estimate of drug-likeness (QED) is 0.873. The molecule has 0 fully saturated rings. The van der Waals surface area contributed by atoms with Crippen molar-refractivity contribution in [3.63, 3.8) is 0 Å². The van der Waals surface area contributed by atoms with Crippen LogP contribution in [0.4, 0.5) is 5.69 Å². The second-order valence-corrected chi connectivity index (χ2v) is 3.85. The van der Waals surface area contributed by atoms with Crippen molar-refractivity contribution in [3.05, 3.63) is 48.4 Å². The van der Waals surface area contributed by atoms with Crippen LogP contribution >= 0.6 is 0 Å². The summed E-state index contributed by atoms with van der Waals surface area (Å²) in [5.41, 5.74) is 0.975. The van der Waals surface area contributed by atoms with Crippen LogP contribution in [-0.2, 0) is 0 Å². The molecule has 0 aliphatic rings. The molecule has 1 atom stereocenters. The summed E-state index contributed by atoms with van der Waals surface area (Å²) in [4.78, 5) is 0. The Balaban J connectivity index is 1.96. The minimum atomic E-state index is 0.0651. The summed E-state index contributed by atoms with van der Waals surface area (Å²) in [6, 6.07) is 13.3.